The molecule has 156 valence electrons. The van der Waals surface area contributed by atoms with Gasteiger partial charge in [-0.3, -0.25) is 4.79 Å². The second-order valence-electron chi connectivity index (χ2n) is 10.8. The Morgan fingerprint density at radius 3 is 1.65 bits per heavy atom. The molecule has 0 spiro atoms. The number of hydrogen-bond acceptors (Lipinski definition) is 2. The fourth-order valence-electron chi connectivity index (χ4n) is 3.14. The highest BCUT2D eigenvalue weighted by molar-refractivity contribution is 7.19. The third-order valence-corrected chi connectivity index (χ3v) is 10.2. The van der Waals surface area contributed by atoms with Gasteiger partial charge in [0.05, 0.1) is 11.0 Å². The number of hydrogen-bond donors (Lipinski definition) is 1. The summed E-state index contributed by atoms with van der Waals surface area (Å²) in [5, 5.41) is 2.42. The Morgan fingerprint density at radius 2 is 1.31 bits per heavy atom. The molecule has 4 unspecified atom stereocenters. The number of carbonyl (C=O) groups is 1. The molecule has 0 aromatic heterocycles. The van der Waals surface area contributed by atoms with Gasteiger partial charge in [-0.2, -0.15) is 0 Å². The lowest BCUT2D eigenvalue weighted by Gasteiger charge is -2.52. The fourth-order valence-corrected chi connectivity index (χ4v) is 3.90. The van der Waals surface area contributed by atoms with Crippen molar-refractivity contribution in [2.45, 2.75) is 98.5 Å². The molecule has 0 saturated heterocycles. The van der Waals surface area contributed by atoms with Crippen molar-refractivity contribution in [2.24, 2.45) is 16.2 Å². The van der Waals surface area contributed by atoms with Gasteiger partial charge in [-0.15, -0.1) is 18.5 Å². The minimum atomic E-state index is -0.579. The standard InChI is InChI=1S/C21H45NO2P2/c1-16(2,3)18(6,7)20(10,25)13-14-24-19(8,9)21(11,26)17(4,5)15(23)22-12/h13-14,25-26H2,1-12H3,(H,22,23). The van der Waals surface area contributed by atoms with Gasteiger partial charge in [-0.25, -0.2) is 0 Å². The lowest BCUT2D eigenvalue weighted by molar-refractivity contribution is -0.138. The summed E-state index contributed by atoms with van der Waals surface area (Å²) < 4.78 is 6.40. The van der Waals surface area contributed by atoms with Gasteiger partial charge in [0, 0.05) is 18.8 Å². The van der Waals surface area contributed by atoms with Crippen molar-refractivity contribution in [1.29, 1.82) is 0 Å². The van der Waals surface area contributed by atoms with Crippen LogP contribution in [0.4, 0.5) is 0 Å². The number of ether oxygens (including phenoxy) is 1. The summed E-state index contributed by atoms with van der Waals surface area (Å²) in [5.74, 6) is 0.0245. The maximum atomic E-state index is 12.4. The van der Waals surface area contributed by atoms with Crippen molar-refractivity contribution in [3.63, 3.8) is 0 Å². The van der Waals surface area contributed by atoms with E-state index in [1.165, 1.54) is 0 Å². The van der Waals surface area contributed by atoms with E-state index >= 15 is 0 Å². The maximum absolute atomic E-state index is 12.4. The molecule has 0 heterocycles. The summed E-state index contributed by atoms with van der Waals surface area (Å²) in [6, 6.07) is 0. The first-order chi connectivity index (χ1) is 11.2. The topological polar surface area (TPSA) is 38.3 Å². The molecule has 0 aliphatic carbocycles. The molecule has 3 nitrogen and oxygen atoms in total. The van der Waals surface area contributed by atoms with E-state index in [-0.39, 0.29) is 21.9 Å². The van der Waals surface area contributed by atoms with Crippen LogP contribution in [0.5, 0.6) is 0 Å². The Bertz CT molecular complexity index is 501. The normalized spacial score (nSPS) is 18.8. The van der Waals surface area contributed by atoms with E-state index in [0.29, 0.717) is 6.61 Å². The SMILES string of the molecule is CNC(=O)C(C)(C)C(C)(P)C(C)(C)OCCC(C)(P)C(C)(C)C(C)(C)C. The van der Waals surface area contributed by atoms with Crippen LogP contribution < -0.4 is 5.32 Å². The van der Waals surface area contributed by atoms with E-state index in [0.717, 1.165) is 6.42 Å². The molecule has 0 saturated carbocycles. The van der Waals surface area contributed by atoms with Crippen LogP contribution in [0.1, 0.15) is 82.6 Å². The second-order valence-corrected chi connectivity index (χ2v) is 13.2. The van der Waals surface area contributed by atoms with Crippen molar-refractivity contribution in [3.8, 4) is 0 Å². The van der Waals surface area contributed by atoms with Crippen LogP contribution in [0.2, 0.25) is 0 Å². The minimum Gasteiger partial charge on any atom is -0.375 e. The monoisotopic (exact) mass is 405 g/mol. The average Bonchev–Trinajstić information content (AvgIpc) is 2.43. The van der Waals surface area contributed by atoms with Crippen molar-refractivity contribution < 1.29 is 9.53 Å². The third kappa shape index (κ3) is 4.82. The largest absolute Gasteiger partial charge is 0.375 e. The van der Waals surface area contributed by atoms with Gasteiger partial charge in [-0.05, 0) is 36.3 Å². The van der Waals surface area contributed by atoms with E-state index in [1.54, 1.807) is 7.05 Å². The molecule has 0 rings (SSSR count). The predicted molar refractivity (Wildman–Crippen MR) is 122 cm³/mol. The highest BCUT2D eigenvalue weighted by Crippen LogP contribution is 2.53. The number of carbonyl (C=O) groups excluding carboxylic acids is 1. The van der Waals surface area contributed by atoms with Crippen LogP contribution in [0, 0.1) is 16.2 Å². The molecule has 1 N–H and O–H groups in total. The van der Waals surface area contributed by atoms with Gasteiger partial charge in [-0.1, -0.05) is 62.3 Å². The van der Waals surface area contributed by atoms with Crippen LogP contribution in [0.3, 0.4) is 0 Å². The van der Waals surface area contributed by atoms with Crippen LogP contribution in [-0.4, -0.2) is 35.5 Å². The Balaban J connectivity index is 5.29. The van der Waals surface area contributed by atoms with E-state index < -0.39 is 16.2 Å². The average molecular weight is 406 g/mol. The lowest BCUT2D eigenvalue weighted by atomic mass is 9.61. The summed E-state index contributed by atoms with van der Waals surface area (Å²) in [5.41, 5.74) is -0.732. The highest BCUT2D eigenvalue weighted by Gasteiger charge is 2.53. The van der Waals surface area contributed by atoms with Crippen molar-refractivity contribution in [1.82, 2.24) is 5.32 Å². The smallest absolute Gasteiger partial charge is 0.226 e. The first kappa shape index (κ1) is 26.3. The number of rotatable bonds is 8. The minimum absolute atomic E-state index is 0.0245. The van der Waals surface area contributed by atoms with Gasteiger partial charge in [0.2, 0.25) is 5.91 Å². The number of nitrogens with one attached hydrogen (secondary N) is 1. The molecule has 1 amide bonds. The zero-order valence-corrected chi connectivity index (χ0v) is 21.7. The quantitative estimate of drug-likeness (QED) is 0.558. The lowest BCUT2D eigenvalue weighted by Crippen LogP contribution is -2.59. The van der Waals surface area contributed by atoms with Crippen molar-refractivity contribution in [3.05, 3.63) is 0 Å². The van der Waals surface area contributed by atoms with E-state index in [2.05, 4.69) is 86.1 Å². The van der Waals surface area contributed by atoms with Crippen LogP contribution in [0.15, 0.2) is 0 Å². The molecule has 5 heteroatoms. The molecule has 0 aromatic carbocycles. The van der Waals surface area contributed by atoms with Gasteiger partial charge in [0.15, 0.2) is 0 Å². The molecule has 0 aliphatic heterocycles. The molecule has 0 radical (unpaired) electrons. The molecule has 4 atom stereocenters. The Labute approximate surface area is 168 Å². The van der Waals surface area contributed by atoms with Crippen LogP contribution in [0.25, 0.3) is 0 Å². The van der Waals surface area contributed by atoms with Crippen LogP contribution >= 0.6 is 18.5 Å². The van der Waals surface area contributed by atoms with Gasteiger partial charge >= 0.3 is 0 Å². The molecule has 0 bridgehead atoms. The van der Waals surface area contributed by atoms with Crippen molar-refractivity contribution in [2.75, 3.05) is 13.7 Å². The first-order valence-corrected chi connectivity index (χ1v) is 10.8. The zero-order valence-electron chi connectivity index (χ0n) is 19.4. The maximum Gasteiger partial charge on any atom is 0.226 e. The molecule has 0 aliphatic rings. The van der Waals surface area contributed by atoms with Crippen molar-refractivity contribution >= 4 is 24.4 Å². The third-order valence-electron chi connectivity index (χ3n) is 7.73. The van der Waals surface area contributed by atoms with E-state index in [1.807, 2.05) is 13.8 Å². The molecule has 26 heavy (non-hydrogen) atoms. The summed E-state index contributed by atoms with van der Waals surface area (Å²) >= 11 is 0. The fraction of sp³-hybridized carbons (Fsp3) is 0.952. The summed E-state index contributed by atoms with van der Waals surface area (Å²) in [7, 11) is 7.64. The Morgan fingerprint density at radius 1 is 0.885 bits per heavy atom. The summed E-state index contributed by atoms with van der Waals surface area (Å²) in [6.45, 7) is 24.7. The predicted octanol–water partition coefficient (Wildman–Crippen LogP) is 5.28. The second kappa shape index (κ2) is 7.96. The van der Waals surface area contributed by atoms with Gasteiger partial charge in [0.1, 0.15) is 0 Å². The zero-order chi connectivity index (χ0) is 21.4. The van der Waals surface area contributed by atoms with E-state index in [9.17, 15) is 4.79 Å². The molecule has 0 aromatic rings. The molecular formula is C21H45NO2P2. The highest BCUT2D eigenvalue weighted by atomic mass is 31.0. The summed E-state index contributed by atoms with van der Waals surface area (Å²) in [4.78, 5) is 12.4. The Hall–Kier alpha value is 0.290. The Kier molecular flexibility index (Phi) is 8.05. The molecular weight excluding hydrogens is 360 g/mol. The van der Waals surface area contributed by atoms with Crippen LogP contribution in [-0.2, 0) is 9.53 Å². The molecule has 0 fully saturated rings. The van der Waals surface area contributed by atoms with E-state index in [4.69, 9.17) is 4.74 Å². The van der Waals surface area contributed by atoms with Gasteiger partial charge < -0.3 is 10.1 Å². The van der Waals surface area contributed by atoms with Gasteiger partial charge in [0.25, 0.3) is 0 Å². The summed E-state index contributed by atoms with van der Waals surface area (Å²) in [6.07, 6.45) is 0.937. The number of amides is 1. The first-order valence-electron chi connectivity index (χ1n) is 9.63.